The topological polar surface area (TPSA) is 6.48 Å². The molecule has 0 N–H and O–H groups in total. The number of benzene rings is 1. The SMILES string of the molecule is CN(Cc1ccc(I)cc1)CC1(N(C)C)CCC1. The molecular formula is C15H23IN2. The van der Waals surface area contributed by atoms with Crippen LogP contribution in [0.2, 0.25) is 0 Å². The summed E-state index contributed by atoms with van der Waals surface area (Å²) in [6.07, 6.45) is 4.07. The molecule has 0 radical (unpaired) electrons. The zero-order chi connectivity index (χ0) is 13.2. The lowest BCUT2D eigenvalue weighted by atomic mass is 9.75. The highest BCUT2D eigenvalue weighted by molar-refractivity contribution is 14.1. The minimum Gasteiger partial charge on any atom is -0.302 e. The van der Waals surface area contributed by atoms with Crippen molar-refractivity contribution in [2.24, 2.45) is 0 Å². The highest BCUT2D eigenvalue weighted by Crippen LogP contribution is 2.36. The van der Waals surface area contributed by atoms with Crippen LogP contribution in [0.25, 0.3) is 0 Å². The van der Waals surface area contributed by atoms with E-state index < -0.39 is 0 Å². The molecule has 2 rings (SSSR count). The summed E-state index contributed by atoms with van der Waals surface area (Å²) in [6.45, 7) is 2.22. The van der Waals surface area contributed by atoms with Crippen molar-refractivity contribution >= 4 is 22.6 Å². The van der Waals surface area contributed by atoms with Gasteiger partial charge in [0.25, 0.3) is 0 Å². The molecule has 0 spiro atoms. The van der Waals surface area contributed by atoms with E-state index in [1.807, 2.05) is 0 Å². The van der Waals surface area contributed by atoms with Crippen molar-refractivity contribution in [1.82, 2.24) is 9.80 Å². The lowest BCUT2D eigenvalue weighted by Crippen LogP contribution is -2.56. The summed E-state index contributed by atoms with van der Waals surface area (Å²) >= 11 is 2.36. The highest BCUT2D eigenvalue weighted by atomic mass is 127. The largest absolute Gasteiger partial charge is 0.302 e. The number of nitrogens with zero attached hydrogens (tertiary/aromatic N) is 2. The predicted molar refractivity (Wildman–Crippen MR) is 85.8 cm³/mol. The fourth-order valence-electron chi connectivity index (χ4n) is 2.79. The fraction of sp³-hybridized carbons (Fsp3) is 0.600. The van der Waals surface area contributed by atoms with Crippen LogP contribution in [0.15, 0.2) is 24.3 Å². The van der Waals surface area contributed by atoms with Gasteiger partial charge in [0, 0.05) is 22.2 Å². The first kappa shape index (κ1) is 14.3. The normalized spacial score (nSPS) is 18.1. The van der Waals surface area contributed by atoms with Crippen molar-refractivity contribution in [3.05, 3.63) is 33.4 Å². The number of hydrogen-bond acceptors (Lipinski definition) is 2. The molecule has 0 heterocycles. The van der Waals surface area contributed by atoms with Crippen molar-refractivity contribution in [2.45, 2.75) is 31.3 Å². The molecular weight excluding hydrogens is 335 g/mol. The average Bonchev–Trinajstić information content (AvgIpc) is 2.26. The Morgan fingerprint density at radius 3 is 2.17 bits per heavy atom. The predicted octanol–water partition coefficient (Wildman–Crippen LogP) is 3.21. The maximum absolute atomic E-state index is 2.46. The molecule has 1 aliphatic rings. The van der Waals surface area contributed by atoms with Gasteiger partial charge in [0.1, 0.15) is 0 Å². The van der Waals surface area contributed by atoms with Crippen LogP contribution in [0.1, 0.15) is 24.8 Å². The van der Waals surface area contributed by atoms with Gasteiger partial charge in [-0.25, -0.2) is 0 Å². The van der Waals surface area contributed by atoms with Gasteiger partial charge in [0.2, 0.25) is 0 Å². The minimum absolute atomic E-state index is 0.429. The first-order valence-electron chi connectivity index (χ1n) is 6.62. The van der Waals surface area contributed by atoms with E-state index in [4.69, 9.17) is 0 Å². The van der Waals surface area contributed by atoms with Crippen LogP contribution < -0.4 is 0 Å². The van der Waals surface area contributed by atoms with Gasteiger partial charge < -0.3 is 9.80 Å². The van der Waals surface area contributed by atoms with E-state index in [1.165, 1.54) is 34.9 Å². The summed E-state index contributed by atoms with van der Waals surface area (Å²) in [5, 5.41) is 0. The molecule has 0 unspecified atom stereocenters. The third-order valence-corrected chi connectivity index (χ3v) is 4.88. The zero-order valence-corrected chi connectivity index (χ0v) is 13.8. The maximum Gasteiger partial charge on any atom is 0.0330 e. The van der Waals surface area contributed by atoms with Crippen LogP contribution in [-0.2, 0) is 6.54 Å². The summed E-state index contributed by atoms with van der Waals surface area (Å²) < 4.78 is 1.31. The Kier molecular flexibility index (Phi) is 4.67. The van der Waals surface area contributed by atoms with Crippen molar-refractivity contribution < 1.29 is 0 Å². The summed E-state index contributed by atoms with van der Waals surface area (Å²) in [5.41, 5.74) is 1.84. The molecule has 0 aliphatic heterocycles. The number of likely N-dealkylation sites (N-methyl/N-ethyl adjacent to an activating group) is 2. The Balaban J connectivity index is 1.92. The molecule has 18 heavy (non-hydrogen) atoms. The second-order valence-electron chi connectivity index (χ2n) is 5.77. The van der Waals surface area contributed by atoms with Crippen LogP contribution >= 0.6 is 22.6 Å². The van der Waals surface area contributed by atoms with E-state index in [9.17, 15) is 0 Å². The first-order chi connectivity index (χ1) is 8.52. The quantitative estimate of drug-likeness (QED) is 0.746. The van der Waals surface area contributed by atoms with Crippen molar-refractivity contribution in [3.63, 3.8) is 0 Å². The minimum atomic E-state index is 0.429. The van der Waals surface area contributed by atoms with Gasteiger partial charge in [0.05, 0.1) is 0 Å². The van der Waals surface area contributed by atoms with E-state index in [0.29, 0.717) is 5.54 Å². The number of rotatable bonds is 5. The van der Waals surface area contributed by atoms with Crippen molar-refractivity contribution in [1.29, 1.82) is 0 Å². The van der Waals surface area contributed by atoms with Crippen LogP contribution in [0.5, 0.6) is 0 Å². The fourth-order valence-corrected chi connectivity index (χ4v) is 3.15. The molecule has 0 bridgehead atoms. The lowest BCUT2D eigenvalue weighted by molar-refractivity contribution is 0.0259. The molecule has 100 valence electrons. The van der Waals surface area contributed by atoms with Gasteiger partial charge in [0.15, 0.2) is 0 Å². The molecule has 1 aliphatic carbocycles. The Morgan fingerprint density at radius 2 is 1.72 bits per heavy atom. The van der Waals surface area contributed by atoms with Gasteiger partial charge in [-0.2, -0.15) is 0 Å². The molecule has 1 fully saturated rings. The van der Waals surface area contributed by atoms with Gasteiger partial charge in [-0.05, 0) is 80.7 Å². The van der Waals surface area contributed by atoms with Crippen LogP contribution in [0, 0.1) is 3.57 Å². The van der Waals surface area contributed by atoms with Crippen LogP contribution in [0.4, 0.5) is 0 Å². The standard InChI is InChI=1S/C15H23IN2/c1-17(2)15(9-4-10-15)12-18(3)11-13-5-7-14(16)8-6-13/h5-8H,4,9-12H2,1-3H3. The Labute approximate surface area is 124 Å². The molecule has 0 saturated heterocycles. The third-order valence-electron chi connectivity index (χ3n) is 4.16. The third kappa shape index (κ3) is 3.25. The summed E-state index contributed by atoms with van der Waals surface area (Å²) in [5.74, 6) is 0. The van der Waals surface area contributed by atoms with Crippen LogP contribution in [0.3, 0.4) is 0 Å². The summed E-state index contributed by atoms with van der Waals surface area (Å²) in [4.78, 5) is 4.88. The molecule has 0 atom stereocenters. The van der Waals surface area contributed by atoms with Gasteiger partial charge >= 0.3 is 0 Å². The molecule has 0 aromatic heterocycles. The maximum atomic E-state index is 2.46. The number of hydrogen-bond donors (Lipinski definition) is 0. The molecule has 1 aromatic carbocycles. The molecule has 2 nitrogen and oxygen atoms in total. The Bertz CT molecular complexity index is 382. The summed E-state index contributed by atoms with van der Waals surface area (Å²) in [7, 11) is 6.68. The smallest absolute Gasteiger partial charge is 0.0330 e. The van der Waals surface area contributed by atoms with Crippen LogP contribution in [-0.4, -0.2) is 43.0 Å². The highest BCUT2D eigenvalue weighted by Gasteiger charge is 2.39. The molecule has 3 heteroatoms. The monoisotopic (exact) mass is 358 g/mol. The van der Waals surface area contributed by atoms with Gasteiger partial charge in [-0.15, -0.1) is 0 Å². The van der Waals surface area contributed by atoms with Crippen molar-refractivity contribution in [2.75, 3.05) is 27.7 Å². The van der Waals surface area contributed by atoms with Gasteiger partial charge in [-0.3, -0.25) is 0 Å². The van der Waals surface area contributed by atoms with E-state index in [0.717, 1.165) is 6.54 Å². The number of halogens is 1. The molecule has 1 saturated carbocycles. The second kappa shape index (κ2) is 5.88. The van der Waals surface area contributed by atoms with E-state index in [2.05, 4.69) is 77.8 Å². The Morgan fingerprint density at radius 1 is 1.11 bits per heavy atom. The lowest BCUT2D eigenvalue weighted by Gasteiger charge is -2.49. The molecule has 0 amide bonds. The average molecular weight is 358 g/mol. The first-order valence-corrected chi connectivity index (χ1v) is 7.70. The van der Waals surface area contributed by atoms with Crippen molar-refractivity contribution in [3.8, 4) is 0 Å². The summed E-state index contributed by atoms with van der Waals surface area (Å²) in [6, 6.07) is 8.85. The van der Waals surface area contributed by atoms with Gasteiger partial charge in [-0.1, -0.05) is 12.1 Å². The molecule has 1 aromatic rings. The Hall–Kier alpha value is -0.130. The second-order valence-corrected chi connectivity index (χ2v) is 7.02. The van der Waals surface area contributed by atoms with E-state index in [1.54, 1.807) is 0 Å². The van der Waals surface area contributed by atoms with E-state index in [-0.39, 0.29) is 0 Å². The van der Waals surface area contributed by atoms with E-state index >= 15 is 0 Å². The zero-order valence-electron chi connectivity index (χ0n) is 11.6.